The van der Waals surface area contributed by atoms with Crippen molar-refractivity contribution in [3.05, 3.63) is 0 Å². The summed E-state index contributed by atoms with van der Waals surface area (Å²) in [5.41, 5.74) is 0. The minimum atomic E-state index is 0.148. The van der Waals surface area contributed by atoms with Crippen LogP contribution in [0, 0.1) is 17.8 Å². The Labute approximate surface area is 103 Å². The van der Waals surface area contributed by atoms with E-state index in [2.05, 4.69) is 6.92 Å². The number of amides is 1. The highest BCUT2D eigenvalue weighted by Gasteiger charge is 2.33. The molecule has 0 aromatic heterocycles. The van der Waals surface area contributed by atoms with Crippen LogP contribution in [0.5, 0.6) is 0 Å². The Bertz CT molecular complexity index is 261. The van der Waals surface area contributed by atoms with Crippen molar-refractivity contribution in [1.29, 1.82) is 0 Å². The number of carbonyl (C=O) groups is 1. The Kier molecular flexibility index (Phi) is 4.40. The Morgan fingerprint density at radius 3 is 2.65 bits per heavy atom. The van der Waals surface area contributed by atoms with Gasteiger partial charge in [0.1, 0.15) is 0 Å². The number of hydrogen-bond acceptors (Lipinski definition) is 3. The fraction of sp³-hybridized carbons (Fsp3) is 0.923. The molecule has 2 saturated heterocycles. The lowest BCUT2D eigenvalue weighted by Crippen LogP contribution is -2.45. The lowest BCUT2D eigenvalue weighted by atomic mass is 9.87. The van der Waals surface area contributed by atoms with Gasteiger partial charge in [0.05, 0.1) is 0 Å². The van der Waals surface area contributed by atoms with Gasteiger partial charge in [0, 0.05) is 38.8 Å². The second-order valence-corrected chi connectivity index (χ2v) is 5.40. The lowest BCUT2D eigenvalue weighted by molar-refractivity contribution is -0.143. The maximum atomic E-state index is 12.4. The second-order valence-electron chi connectivity index (χ2n) is 5.40. The molecule has 4 heteroatoms. The Morgan fingerprint density at radius 1 is 1.35 bits per heavy atom. The van der Waals surface area contributed by atoms with E-state index in [1.165, 1.54) is 0 Å². The standard InChI is InChI=1S/C13H23NO3/c1-10-9-17-7-4-12(10)13(16)14-5-2-11(8-15)3-6-14/h10-12,15H,2-9H2,1H3. The first kappa shape index (κ1) is 12.8. The van der Waals surface area contributed by atoms with Crippen LogP contribution < -0.4 is 0 Å². The molecule has 4 nitrogen and oxygen atoms in total. The summed E-state index contributed by atoms with van der Waals surface area (Å²) in [4.78, 5) is 14.4. The normalized spacial score (nSPS) is 31.5. The number of nitrogens with zero attached hydrogens (tertiary/aromatic N) is 1. The molecular weight excluding hydrogens is 218 g/mol. The Balaban J connectivity index is 1.87. The zero-order chi connectivity index (χ0) is 12.3. The van der Waals surface area contributed by atoms with Crippen LogP contribution in [0.15, 0.2) is 0 Å². The molecule has 0 radical (unpaired) electrons. The van der Waals surface area contributed by atoms with Crippen LogP contribution in [0.3, 0.4) is 0 Å². The summed E-state index contributed by atoms with van der Waals surface area (Å²) >= 11 is 0. The summed E-state index contributed by atoms with van der Waals surface area (Å²) in [6.07, 6.45) is 2.75. The van der Waals surface area contributed by atoms with Crippen LogP contribution in [-0.4, -0.2) is 48.8 Å². The van der Waals surface area contributed by atoms with Crippen LogP contribution in [-0.2, 0) is 9.53 Å². The molecule has 0 spiro atoms. The van der Waals surface area contributed by atoms with E-state index in [0.717, 1.165) is 32.4 Å². The number of likely N-dealkylation sites (tertiary alicyclic amines) is 1. The molecule has 2 heterocycles. The second kappa shape index (κ2) is 5.83. The number of hydrogen-bond donors (Lipinski definition) is 1. The zero-order valence-electron chi connectivity index (χ0n) is 10.6. The predicted octanol–water partition coefficient (Wildman–Crippen LogP) is 0.890. The summed E-state index contributed by atoms with van der Waals surface area (Å²) in [6, 6.07) is 0. The zero-order valence-corrected chi connectivity index (χ0v) is 10.6. The first-order valence-corrected chi connectivity index (χ1v) is 6.69. The summed E-state index contributed by atoms with van der Waals surface area (Å²) in [6.45, 7) is 5.41. The van der Waals surface area contributed by atoms with Crippen LogP contribution in [0.25, 0.3) is 0 Å². The molecule has 2 aliphatic heterocycles. The van der Waals surface area contributed by atoms with Crippen molar-refractivity contribution >= 4 is 5.91 Å². The number of piperidine rings is 1. The minimum Gasteiger partial charge on any atom is -0.396 e. The molecule has 1 N–H and O–H groups in total. The van der Waals surface area contributed by atoms with Gasteiger partial charge in [-0.2, -0.15) is 0 Å². The highest BCUT2D eigenvalue weighted by atomic mass is 16.5. The Morgan fingerprint density at radius 2 is 2.06 bits per heavy atom. The van der Waals surface area contributed by atoms with Crippen molar-refractivity contribution in [3.63, 3.8) is 0 Å². The maximum absolute atomic E-state index is 12.4. The first-order valence-electron chi connectivity index (χ1n) is 6.69. The lowest BCUT2D eigenvalue weighted by Gasteiger charge is -2.36. The monoisotopic (exact) mass is 241 g/mol. The summed E-state index contributed by atoms with van der Waals surface area (Å²) in [7, 11) is 0. The fourth-order valence-corrected chi connectivity index (χ4v) is 2.82. The van der Waals surface area contributed by atoms with E-state index >= 15 is 0 Å². The van der Waals surface area contributed by atoms with Gasteiger partial charge in [-0.15, -0.1) is 0 Å². The van der Waals surface area contributed by atoms with Crippen molar-refractivity contribution in [3.8, 4) is 0 Å². The molecule has 2 atom stereocenters. The van der Waals surface area contributed by atoms with E-state index in [1.54, 1.807) is 0 Å². The fourth-order valence-electron chi connectivity index (χ4n) is 2.82. The quantitative estimate of drug-likeness (QED) is 0.781. The number of aliphatic hydroxyl groups excluding tert-OH is 1. The molecule has 2 unspecified atom stereocenters. The minimum absolute atomic E-state index is 0.148. The summed E-state index contributed by atoms with van der Waals surface area (Å²) in [5.74, 6) is 1.18. The molecular formula is C13H23NO3. The van der Waals surface area contributed by atoms with Gasteiger partial charge in [-0.05, 0) is 31.1 Å². The van der Waals surface area contributed by atoms with Crippen molar-refractivity contribution in [2.24, 2.45) is 17.8 Å². The molecule has 2 fully saturated rings. The SMILES string of the molecule is CC1COCCC1C(=O)N1CCC(CO)CC1. The van der Waals surface area contributed by atoms with Gasteiger partial charge in [-0.3, -0.25) is 4.79 Å². The number of carbonyl (C=O) groups excluding carboxylic acids is 1. The molecule has 1 amide bonds. The van der Waals surface area contributed by atoms with Crippen molar-refractivity contribution < 1.29 is 14.6 Å². The molecule has 0 aromatic carbocycles. The van der Waals surface area contributed by atoms with Crippen molar-refractivity contribution in [1.82, 2.24) is 4.90 Å². The number of rotatable bonds is 2. The van der Waals surface area contributed by atoms with E-state index in [1.807, 2.05) is 4.90 Å². The largest absolute Gasteiger partial charge is 0.396 e. The molecule has 0 bridgehead atoms. The van der Waals surface area contributed by atoms with E-state index < -0.39 is 0 Å². The average molecular weight is 241 g/mol. The van der Waals surface area contributed by atoms with E-state index in [-0.39, 0.29) is 12.5 Å². The first-order chi connectivity index (χ1) is 8.22. The average Bonchev–Trinajstić information content (AvgIpc) is 2.39. The van der Waals surface area contributed by atoms with E-state index in [4.69, 9.17) is 9.84 Å². The van der Waals surface area contributed by atoms with Gasteiger partial charge in [0.2, 0.25) is 5.91 Å². The van der Waals surface area contributed by atoms with Gasteiger partial charge < -0.3 is 14.7 Å². The van der Waals surface area contributed by atoms with E-state index in [0.29, 0.717) is 31.0 Å². The predicted molar refractivity (Wildman–Crippen MR) is 64.5 cm³/mol. The van der Waals surface area contributed by atoms with Crippen molar-refractivity contribution in [2.75, 3.05) is 32.9 Å². The van der Waals surface area contributed by atoms with Crippen LogP contribution >= 0.6 is 0 Å². The maximum Gasteiger partial charge on any atom is 0.226 e. The molecule has 2 rings (SSSR count). The summed E-state index contributed by atoms with van der Waals surface area (Å²) < 4.78 is 5.38. The third-order valence-electron chi connectivity index (χ3n) is 4.14. The van der Waals surface area contributed by atoms with Crippen LogP contribution in [0.1, 0.15) is 26.2 Å². The third-order valence-corrected chi connectivity index (χ3v) is 4.14. The smallest absolute Gasteiger partial charge is 0.226 e. The molecule has 0 aromatic rings. The number of ether oxygens (including phenoxy) is 1. The van der Waals surface area contributed by atoms with Gasteiger partial charge >= 0.3 is 0 Å². The topological polar surface area (TPSA) is 49.8 Å². The molecule has 0 saturated carbocycles. The van der Waals surface area contributed by atoms with Gasteiger partial charge in [0.25, 0.3) is 0 Å². The van der Waals surface area contributed by atoms with Gasteiger partial charge in [-0.25, -0.2) is 0 Å². The molecule has 0 aliphatic carbocycles. The van der Waals surface area contributed by atoms with Gasteiger partial charge in [0.15, 0.2) is 0 Å². The summed E-state index contributed by atoms with van der Waals surface area (Å²) in [5, 5.41) is 9.09. The van der Waals surface area contributed by atoms with Crippen molar-refractivity contribution in [2.45, 2.75) is 26.2 Å². The molecule has 98 valence electrons. The third kappa shape index (κ3) is 2.99. The Hall–Kier alpha value is -0.610. The molecule has 17 heavy (non-hydrogen) atoms. The van der Waals surface area contributed by atoms with E-state index in [9.17, 15) is 4.79 Å². The highest BCUT2D eigenvalue weighted by Crippen LogP contribution is 2.26. The van der Waals surface area contributed by atoms with Gasteiger partial charge in [-0.1, -0.05) is 6.92 Å². The molecule has 2 aliphatic rings. The van der Waals surface area contributed by atoms with Crippen LogP contribution in [0.4, 0.5) is 0 Å². The number of aliphatic hydroxyl groups is 1. The van der Waals surface area contributed by atoms with Crippen LogP contribution in [0.2, 0.25) is 0 Å². The highest BCUT2D eigenvalue weighted by molar-refractivity contribution is 5.79.